The van der Waals surface area contributed by atoms with Gasteiger partial charge in [0.2, 0.25) is 0 Å². The van der Waals surface area contributed by atoms with E-state index in [0.29, 0.717) is 5.75 Å². The van der Waals surface area contributed by atoms with Crippen molar-refractivity contribution in [3.8, 4) is 5.75 Å². The minimum Gasteiger partial charge on any atom is -0.508 e. The van der Waals surface area contributed by atoms with Gasteiger partial charge in [-0.3, -0.25) is 4.98 Å². The van der Waals surface area contributed by atoms with Gasteiger partial charge in [0.15, 0.2) is 0 Å². The van der Waals surface area contributed by atoms with Crippen LogP contribution in [0.25, 0.3) is 21.7 Å². The summed E-state index contributed by atoms with van der Waals surface area (Å²) in [6, 6.07) is 25.4. The van der Waals surface area contributed by atoms with E-state index in [4.69, 9.17) is 5.11 Å². The van der Waals surface area contributed by atoms with Crippen molar-refractivity contribution in [1.29, 1.82) is 0 Å². The van der Waals surface area contributed by atoms with Crippen LogP contribution in [0.2, 0.25) is 0 Å². The Labute approximate surface area is 123 Å². The second-order valence-corrected chi connectivity index (χ2v) is 4.73. The molecule has 0 saturated carbocycles. The summed E-state index contributed by atoms with van der Waals surface area (Å²) < 4.78 is 0. The number of fused-ring (bicyclic) bond motifs is 2. The lowest BCUT2D eigenvalue weighted by molar-refractivity contribution is 0.476. The van der Waals surface area contributed by atoms with Crippen LogP contribution in [0.15, 0.2) is 85.1 Å². The van der Waals surface area contributed by atoms with Crippen molar-refractivity contribution in [2.75, 3.05) is 0 Å². The number of phenolic OH excluding ortho intramolecular Hbond substituents is 1. The SMILES string of the molecule is Oc1ccc2ccccc2c1.c1ccc2ncccc2c1. The highest BCUT2D eigenvalue weighted by Crippen LogP contribution is 2.18. The number of benzene rings is 3. The van der Waals surface area contributed by atoms with Gasteiger partial charge in [-0.15, -0.1) is 0 Å². The van der Waals surface area contributed by atoms with Gasteiger partial charge in [-0.25, -0.2) is 0 Å². The Kier molecular flexibility index (Phi) is 3.79. The largest absolute Gasteiger partial charge is 0.508 e. The predicted octanol–water partition coefficient (Wildman–Crippen LogP) is 4.78. The molecular weight excluding hydrogens is 258 g/mol. The van der Waals surface area contributed by atoms with Gasteiger partial charge in [0, 0.05) is 11.6 Å². The lowest BCUT2D eigenvalue weighted by atomic mass is 10.1. The fraction of sp³-hybridized carbons (Fsp3) is 0. The van der Waals surface area contributed by atoms with E-state index in [2.05, 4.69) is 17.1 Å². The zero-order valence-electron chi connectivity index (χ0n) is 11.5. The van der Waals surface area contributed by atoms with Crippen LogP contribution in [0.4, 0.5) is 0 Å². The van der Waals surface area contributed by atoms with E-state index in [-0.39, 0.29) is 0 Å². The van der Waals surface area contributed by atoms with Crippen molar-refractivity contribution in [1.82, 2.24) is 4.98 Å². The van der Waals surface area contributed by atoms with Gasteiger partial charge < -0.3 is 5.11 Å². The molecule has 4 aromatic rings. The average Bonchev–Trinajstić information content (AvgIpc) is 2.55. The van der Waals surface area contributed by atoms with Crippen molar-refractivity contribution in [3.05, 3.63) is 85.1 Å². The summed E-state index contributed by atoms with van der Waals surface area (Å²) in [5.41, 5.74) is 1.06. The van der Waals surface area contributed by atoms with Crippen molar-refractivity contribution in [3.63, 3.8) is 0 Å². The molecule has 1 heterocycles. The lowest BCUT2D eigenvalue weighted by Crippen LogP contribution is -1.73. The minimum absolute atomic E-state index is 0.323. The highest BCUT2D eigenvalue weighted by molar-refractivity contribution is 5.83. The smallest absolute Gasteiger partial charge is 0.116 e. The van der Waals surface area contributed by atoms with Gasteiger partial charge in [0.05, 0.1) is 5.52 Å². The molecule has 0 saturated heterocycles. The van der Waals surface area contributed by atoms with Gasteiger partial charge in [-0.1, -0.05) is 54.6 Å². The fourth-order valence-electron chi connectivity index (χ4n) is 2.19. The highest BCUT2D eigenvalue weighted by atomic mass is 16.3. The molecule has 0 aliphatic heterocycles. The Hall–Kier alpha value is -2.87. The van der Waals surface area contributed by atoms with Gasteiger partial charge in [-0.05, 0) is 35.0 Å². The molecule has 0 atom stereocenters. The number of nitrogens with zero attached hydrogens (tertiary/aromatic N) is 1. The fourth-order valence-corrected chi connectivity index (χ4v) is 2.19. The van der Waals surface area contributed by atoms with Crippen molar-refractivity contribution in [2.45, 2.75) is 0 Å². The summed E-state index contributed by atoms with van der Waals surface area (Å²) >= 11 is 0. The van der Waals surface area contributed by atoms with E-state index in [1.807, 2.05) is 60.8 Å². The molecule has 1 aromatic heterocycles. The summed E-state index contributed by atoms with van der Waals surface area (Å²) in [4.78, 5) is 4.18. The Bertz CT molecular complexity index is 805. The van der Waals surface area contributed by atoms with E-state index < -0.39 is 0 Å². The van der Waals surface area contributed by atoms with E-state index in [9.17, 15) is 0 Å². The lowest BCUT2D eigenvalue weighted by Gasteiger charge is -1.96. The monoisotopic (exact) mass is 273 g/mol. The molecule has 2 heteroatoms. The third kappa shape index (κ3) is 3.18. The molecule has 0 aliphatic carbocycles. The van der Waals surface area contributed by atoms with Crippen molar-refractivity contribution >= 4 is 21.7 Å². The van der Waals surface area contributed by atoms with Crippen LogP contribution in [0, 0.1) is 0 Å². The van der Waals surface area contributed by atoms with Gasteiger partial charge in [-0.2, -0.15) is 0 Å². The van der Waals surface area contributed by atoms with Crippen molar-refractivity contribution < 1.29 is 5.11 Å². The molecule has 0 unspecified atom stereocenters. The number of hydrogen-bond donors (Lipinski definition) is 1. The number of aromatic hydroxyl groups is 1. The number of rotatable bonds is 0. The summed E-state index contributed by atoms with van der Waals surface area (Å²) in [5, 5.41) is 12.6. The number of hydrogen-bond acceptors (Lipinski definition) is 2. The third-order valence-electron chi connectivity index (χ3n) is 3.25. The molecular formula is C19H15NO. The quantitative estimate of drug-likeness (QED) is 0.500. The molecule has 0 bridgehead atoms. The number of phenols is 1. The number of pyridine rings is 1. The van der Waals surface area contributed by atoms with Gasteiger partial charge in [0.1, 0.15) is 5.75 Å². The molecule has 21 heavy (non-hydrogen) atoms. The van der Waals surface area contributed by atoms with Crippen LogP contribution in [0.5, 0.6) is 5.75 Å². The average molecular weight is 273 g/mol. The zero-order chi connectivity index (χ0) is 14.5. The van der Waals surface area contributed by atoms with Crippen LogP contribution in [-0.4, -0.2) is 10.1 Å². The van der Waals surface area contributed by atoms with Crippen LogP contribution < -0.4 is 0 Å². The first-order chi connectivity index (χ1) is 10.3. The summed E-state index contributed by atoms with van der Waals surface area (Å²) in [6.07, 6.45) is 1.81. The molecule has 0 spiro atoms. The Morgan fingerprint density at radius 2 is 1.29 bits per heavy atom. The number of aromatic nitrogens is 1. The topological polar surface area (TPSA) is 33.1 Å². The normalized spacial score (nSPS) is 10.1. The predicted molar refractivity (Wildman–Crippen MR) is 87.4 cm³/mol. The highest BCUT2D eigenvalue weighted by Gasteiger charge is 1.91. The zero-order valence-corrected chi connectivity index (χ0v) is 11.5. The maximum Gasteiger partial charge on any atom is 0.116 e. The van der Waals surface area contributed by atoms with Crippen molar-refractivity contribution in [2.24, 2.45) is 0 Å². The molecule has 0 aliphatic rings. The maximum absolute atomic E-state index is 9.13. The van der Waals surface area contributed by atoms with Gasteiger partial charge in [0.25, 0.3) is 0 Å². The molecule has 2 nitrogen and oxygen atoms in total. The number of para-hydroxylation sites is 1. The third-order valence-corrected chi connectivity index (χ3v) is 3.25. The summed E-state index contributed by atoms with van der Waals surface area (Å²) in [5.74, 6) is 0.323. The first-order valence-corrected chi connectivity index (χ1v) is 6.80. The standard InChI is InChI=1S/C10H8O.C9H7N/c11-10-6-5-8-3-1-2-4-9(8)7-10;1-2-6-9-8(4-1)5-3-7-10-9/h1-7,11H;1-7H. The van der Waals surface area contributed by atoms with Crippen LogP contribution in [0.3, 0.4) is 0 Å². The molecule has 0 fully saturated rings. The Balaban J connectivity index is 0.000000126. The molecule has 3 aromatic carbocycles. The molecule has 0 radical (unpaired) electrons. The maximum atomic E-state index is 9.13. The molecule has 102 valence electrons. The van der Waals surface area contributed by atoms with Crippen LogP contribution >= 0.6 is 0 Å². The van der Waals surface area contributed by atoms with E-state index in [1.54, 1.807) is 12.1 Å². The minimum atomic E-state index is 0.323. The molecule has 0 amide bonds. The van der Waals surface area contributed by atoms with Crippen LogP contribution in [0.1, 0.15) is 0 Å². The first kappa shape index (κ1) is 13.1. The Morgan fingerprint density at radius 3 is 2.10 bits per heavy atom. The van der Waals surface area contributed by atoms with Crippen LogP contribution in [-0.2, 0) is 0 Å². The summed E-state index contributed by atoms with van der Waals surface area (Å²) in [6.45, 7) is 0. The second kappa shape index (κ2) is 6.06. The molecule has 1 N–H and O–H groups in total. The van der Waals surface area contributed by atoms with E-state index >= 15 is 0 Å². The Morgan fingerprint density at radius 1 is 0.619 bits per heavy atom. The molecule has 4 rings (SSSR count). The van der Waals surface area contributed by atoms with Gasteiger partial charge >= 0.3 is 0 Å². The second-order valence-electron chi connectivity index (χ2n) is 4.73. The summed E-state index contributed by atoms with van der Waals surface area (Å²) in [7, 11) is 0. The van der Waals surface area contributed by atoms with E-state index in [1.165, 1.54) is 5.39 Å². The first-order valence-electron chi connectivity index (χ1n) is 6.80. The van der Waals surface area contributed by atoms with E-state index in [0.717, 1.165) is 16.3 Å².